The maximum absolute atomic E-state index is 5.48. The third-order valence-electron chi connectivity index (χ3n) is 5.37. The quantitative estimate of drug-likeness (QED) is 0.651. The van der Waals surface area contributed by atoms with Crippen LogP contribution in [0.4, 0.5) is 5.69 Å². The fourth-order valence-corrected chi connectivity index (χ4v) is 3.74. The zero-order valence-corrected chi connectivity index (χ0v) is 15.6. The maximum atomic E-state index is 5.48. The van der Waals surface area contributed by atoms with Gasteiger partial charge in [0.05, 0.1) is 13.2 Å². The summed E-state index contributed by atoms with van der Waals surface area (Å²) in [5.74, 6) is 1.78. The summed E-state index contributed by atoms with van der Waals surface area (Å²) in [5.41, 5.74) is 2.62. The van der Waals surface area contributed by atoms with Crippen LogP contribution in [0.2, 0.25) is 0 Å². The molecular weight excluding hydrogens is 312 g/mol. The average Bonchev–Trinajstić information content (AvgIpc) is 2.67. The lowest BCUT2D eigenvalue weighted by atomic mass is 9.87. The highest BCUT2D eigenvalue weighted by molar-refractivity contribution is 5.80. The summed E-state index contributed by atoms with van der Waals surface area (Å²) in [6, 6.07) is 9.19. The Kier molecular flexibility index (Phi) is 6.56. The standard InChI is InChI=1S/C20H32N4O/c1-16-7-9-18(10-8-16)23-20(21-2)22-15-17-5-3-4-6-19(17)24-11-13-25-14-12-24/h3-6,16,18H,7-15H2,1-2H3,(H2,21,22,23). The Hall–Kier alpha value is -1.75. The molecule has 3 rings (SSSR count). The maximum Gasteiger partial charge on any atom is 0.191 e. The Balaban J connectivity index is 1.56. The van der Waals surface area contributed by atoms with E-state index in [9.17, 15) is 0 Å². The molecule has 138 valence electrons. The van der Waals surface area contributed by atoms with Crippen molar-refractivity contribution in [3.63, 3.8) is 0 Å². The van der Waals surface area contributed by atoms with Gasteiger partial charge in [-0.05, 0) is 43.2 Å². The van der Waals surface area contributed by atoms with Crippen molar-refractivity contribution in [3.8, 4) is 0 Å². The SMILES string of the molecule is CN=C(NCc1ccccc1N1CCOCC1)NC1CCC(C)CC1. The van der Waals surface area contributed by atoms with E-state index in [0.29, 0.717) is 6.04 Å². The van der Waals surface area contributed by atoms with Crippen molar-refractivity contribution in [3.05, 3.63) is 29.8 Å². The first-order valence-corrected chi connectivity index (χ1v) is 9.64. The molecule has 2 aliphatic rings. The molecule has 25 heavy (non-hydrogen) atoms. The summed E-state index contributed by atoms with van der Waals surface area (Å²) in [4.78, 5) is 6.84. The van der Waals surface area contributed by atoms with Crippen LogP contribution in [-0.2, 0) is 11.3 Å². The number of anilines is 1. The molecule has 0 amide bonds. The number of guanidine groups is 1. The van der Waals surface area contributed by atoms with Gasteiger partial charge in [0.25, 0.3) is 0 Å². The van der Waals surface area contributed by atoms with Crippen molar-refractivity contribution >= 4 is 11.6 Å². The Morgan fingerprint density at radius 3 is 2.60 bits per heavy atom. The molecule has 0 radical (unpaired) electrons. The van der Waals surface area contributed by atoms with Crippen LogP contribution < -0.4 is 15.5 Å². The number of aliphatic imine (C=N–C) groups is 1. The second kappa shape index (κ2) is 9.09. The van der Waals surface area contributed by atoms with Gasteiger partial charge in [-0.15, -0.1) is 0 Å². The molecule has 0 atom stereocenters. The number of morpholine rings is 1. The Bertz CT molecular complexity index is 561. The Morgan fingerprint density at radius 1 is 1.16 bits per heavy atom. The molecule has 1 saturated heterocycles. The monoisotopic (exact) mass is 344 g/mol. The predicted octanol–water partition coefficient (Wildman–Crippen LogP) is 2.77. The first-order valence-electron chi connectivity index (χ1n) is 9.64. The van der Waals surface area contributed by atoms with Gasteiger partial charge in [0.2, 0.25) is 0 Å². The van der Waals surface area contributed by atoms with Gasteiger partial charge in [-0.1, -0.05) is 25.1 Å². The Morgan fingerprint density at radius 2 is 1.88 bits per heavy atom. The molecule has 1 aliphatic heterocycles. The van der Waals surface area contributed by atoms with Gasteiger partial charge in [0.1, 0.15) is 0 Å². The van der Waals surface area contributed by atoms with Crippen LogP contribution in [0.15, 0.2) is 29.3 Å². The van der Waals surface area contributed by atoms with Crippen LogP contribution in [0, 0.1) is 5.92 Å². The second-order valence-corrected chi connectivity index (χ2v) is 7.26. The van der Waals surface area contributed by atoms with Crippen molar-refractivity contribution in [1.82, 2.24) is 10.6 Å². The molecular formula is C20H32N4O. The average molecular weight is 345 g/mol. The van der Waals surface area contributed by atoms with Crippen molar-refractivity contribution in [2.24, 2.45) is 10.9 Å². The van der Waals surface area contributed by atoms with Gasteiger partial charge in [0, 0.05) is 38.4 Å². The van der Waals surface area contributed by atoms with Crippen molar-refractivity contribution in [2.45, 2.75) is 45.2 Å². The molecule has 2 N–H and O–H groups in total. The summed E-state index contributed by atoms with van der Waals surface area (Å²) in [7, 11) is 1.86. The number of nitrogens with one attached hydrogen (secondary N) is 2. The Labute approximate surface area is 151 Å². The van der Waals surface area contributed by atoms with Crippen LogP contribution in [0.25, 0.3) is 0 Å². The topological polar surface area (TPSA) is 48.9 Å². The predicted molar refractivity (Wildman–Crippen MR) is 104 cm³/mol. The molecule has 1 aromatic carbocycles. The lowest BCUT2D eigenvalue weighted by Crippen LogP contribution is -2.44. The zero-order valence-electron chi connectivity index (χ0n) is 15.6. The minimum Gasteiger partial charge on any atom is -0.378 e. The summed E-state index contributed by atoms with van der Waals surface area (Å²) in [6.07, 6.45) is 5.11. The van der Waals surface area contributed by atoms with E-state index >= 15 is 0 Å². The number of hydrogen-bond acceptors (Lipinski definition) is 3. The zero-order chi connectivity index (χ0) is 17.5. The highest BCUT2D eigenvalue weighted by Crippen LogP contribution is 2.24. The van der Waals surface area contributed by atoms with Crippen LogP contribution >= 0.6 is 0 Å². The van der Waals surface area contributed by atoms with E-state index in [0.717, 1.165) is 44.7 Å². The van der Waals surface area contributed by atoms with E-state index in [2.05, 4.69) is 51.7 Å². The largest absolute Gasteiger partial charge is 0.378 e. The third-order valence-corrected chi connectivity index (χ3v) is 5.37. The van der Waals surface area contributed by atoms with Gasteiger partial charge in [-0.2, -0.15) is 0 Å². The van der Waals surface area contributed by atoms with Gasteiger partial charge in [-0.3, -0.25) is 4.99 Å². The molecule has 1 saturated carbocycles. The molecule has 2 fully saturated rings. The van der Waals surface area contributed by atoms with E-state index in [4.69, 9.17) is 4.74 Å². The number of ether oxygens (including phenoxy) is 1. The number of hydrogen-bond donors (Lipinski definition) is 2. The van der Waals surface area contributed by atoms with Crippen molar-refractivity contribution < 1.29 is 4.74 Å². The number of benzene rings is 1. The van der Waals surface area contributed by atoms with E-state index in [1.165, 1.54) is 36.9 Å². The molecule has 0 aromatic heterocycles. The molecule has 0 unspecified atom stereocenters. The number of para-hydroxylation sites is 1. The summed E-state index contributed by atoms with van der Waals surface area (Å²) in [5, 5.41) is 7.11. The first-order chi connectivity index (χ1) is 12.3. The third kappa shape index (κ3) is 5.11. The molecule has 5 heteroatoms. The number of nitrogens with zero attached hydrogens (tertiary/aromatic N) is 2. The fourth-order valence-electron chi connectivity index (χ4n) is 3.74. The summed E-state index contributed by atoms with van der Waals surface area (Å²) < 4.78 is 5.48. The molecule has 1 aromatic rings. The van der Waals surface area contributed by atoms with Gasteiger partial charge in [-0.25, -0.2) is 0 Å². The fraction of sp³-hybridized carbons (Fsp3) is 0.650. The highest BCUT2D eigenvalue weighted by Gasteiger charge is 2.19. The molecule has 1 heterocycles. The normalized spacial score (nSPS) is 24.9. The van der Waals surface area contributed by atoms with Crippen LogP contribution in [0.3, 0.4) is 0 Å². The summed E-state index contributed by atoms with van der Waals surface area (Å²) in [6.45, 7) is 6.69. The lowest BCUT2D eigenvalue weighted by molar-refractivity contribution is 0.122. The first kappa shape index (κ1) is 18.1. The lowest BCUT2D eigenvalue weighted by Gasteiger charge is -2.31. The smallest absolute Gasteiger partial charge is 0.191 e. The molecule has 5 nitrogen and oxygen atoms in total. The van der Waals surface area contributed by atoms with Crippen LogP contribution in [-0.4, -0.2) is 45.4 Å². The second-order valence-electron chi connectivity index (χ2n) is 7.26. The molecule has 0 bridgehead atoms. The summed E-state index contributed by atoms with van der Waals surface area (Å²) >= 11 is 0. The van der Waals surface area contributed by atoms with Gasteiger partial charge < -0.3 is 20.3 Å². The van der Waals surface area contributed by atoms with Gasteiger partial charge >= 0.3 is 0 Å². The van der Waals surface area contributed by atoms with Crippen LogP contribution in [0.5, 0.6) is 0 Å². The van der Waals surface area contributed by atoms with Gasteiger partial charge in [0.15, 0.2) is 5.96 Å². The molecule has 0 spiro atoms. The van der Waals surface area contributed by atoms with E-state index in [-0.39, 0.29) is 0 Å². The van der Waals surface area contributed by atoms with Crippen molar-refractivity contribution in [2.75, 3.05) is 38.3 Å². The van der Waals surface area contributed by atoms with E-state index < -0.39 is 0 Å². The minimum atomic E-state index is 0.553. The van der Waals surface area contributed by atoms with E-state index in [1.54, 1.807) is 0 Å². The molecule has 1 aliphatic carbocycles. The van der Waals surface area contributed by atoms with Crippen molar-refractivity contribution in [1.29, 1.82) is 0 Å². The van der Waals surface area contributed by atoms with Crippen LogP contribution in [0.1, 0.15) is 38.2 Å². The minimum absolute atomic E-state index is 0.553. The highest BCUT2D eigenvalue weighted by atomic mass is 16.5. The van der Waals surface area contributed by atoms with E-state index in [1.807, 2.05) is 7.05 Å². The number of rotatable bonds is 4.